The highest BCUT2D eigenvalue weighted by atomic mass is 32.2. The van der Waals surface area contributed by atoms with Crippen molar-refractivity contribution in [2.24, 2.45) is 4.99 Å². The molecule has 3 nitrogen and oxygen atoms in total. The van der Waals surface area contributed by atoms with E-state index in [2.05, 4.69) is 4.99 Å². The van der Waals surface area contributed by atoms with Crippen LogP contribution >= 0.6 is 0 Å². The van der Waals surface area contributed by atoms with Crippen LogP contribution in [0, 0.1) is 0 Å². The summed E-state index contributed by atoms with van der Waals surface area (Å²) >= 11 is 0. The van der Waals surface area contributed by atoms with E-state index in [0.717, 1.165) is 11.8 Å². The van der Waals surface area contributed by atoms with E-state index < -0.39 is 9.84 Å². The Kier molecular flexibility index (Phi) is 2.60. The number of aliphatic imine (C=N–C) groups is 1. The van der Waals surface area contributed by atoms with Gasteiger partial charge in [0.1, 0.15) is 5.55 Å². The van der Waals surface area contributed by atoms with Crippen molar-refractivity contribution in [3.05, 3.63) is 30.3 Å². The Morgan fingerprint density at radius 1 is 1.25 bits per heavy atom. The van der Waals surface area contributed by atoms with Crippen molar-refractivity contribution in [2.45, 2.75) is 0 Å². The maximum atomic E-state index is 10.7. The van der Waals surface area contributed by atoms with Gasteiger partial charge in [-0.25, -0.2) is 13.4 Å². The third-order valence-corrected chi connectivity index (χ3v) is 1.64. The van der Waals surface area contributed by atoms with Crippen molar-refractivity contribution in [3.63, 3.8) is 0 Å². The molecule has 1 rings (SSSR count). The van der Waals surface area contributed by atoms with Crippen molar-refractivity contribution in [1.29, 1.82) is 0 Å². The van der Waals surface area contributed by atoms with Crippen molar-refractivity contribution in [2.75, 3.05) is 6.26 Å². The Morgan fingerprint density at radius 2 is 1.83 bits per heavy atom. The van der Waals surface area contributed by atoms with Crippen molar-refractivity contribution >= 4 is 21.1 Å². The molecule has 0 atom stereocenters. The molecule has 0 aliphatic rings. The van der Waals surface area contributed by atoms with Gasteiger partial charge in [-0.3, -0.25) is 0 Å². The van der Waals surface area contributed by atoms with Crippen LogP contribution in [0.4, 0.5) is 5.69 Å². The van der Waals surface area contributed by atoms with Gasteiger partial charge < -0.3 is 0 Å². The second-order valence-electron chi connectivity index (χ2n) is 2.40. The summed E-state index contributed by atoms with van der Waals surface area (Å²) in [5, 5.41) is 0. The Hall–Kier alpha value is -1.16. The van der Waals surface area contributed by atoms with Gasteiger partial charge in [0.15, 0.2) is 9.84 Å². The van der Waals surface area contributed by atoms with Crippen LogP contribution in [0.1, 0.15) is 0 Å². The lowest BCUT2D eigenvalue weighted by atomic mass is 10.3. The van der Waals surface area contributed by atoms with Crippen LogP contribution in [0.25, 0.3) is 0 Å². The Balaban J connectivity index is 2.85. The second kappa shape index (κ2) is 3.49. The number of hydrogen-bond acceptors (Lipinski definition) is 3. The molecule has 0 aliphatic carbocycles. The zero-order valence-electron chi connectivity index (χ0n) is 6.64. The standard InChI is InChI=1S/C8H9NO2S/c1-12(10,11)7-9-8-5-3-2-4-6-8/h2-7H,1H3. The number of sulfone groups is 1. The average Bonchev–Trinajstić information content (AvgIpc) is 2.02. The molecular formula is C8H9NO2S. The fraction of sp³-hybridized carbons (Fsp3) is 0.125. The molecule has 0 bridgehead atoms. The predicted molar refractivity (Wildman–Crippen MR) is 49.4 cm³/mol. The maximum Gasteiger partial charge on any atom is 0.185 e. The van der Waals surface area contributed by atoms with E-state index in [1.165, 1.54) is 0 Å². The summed E-state index contributed by atoms with van der Waals surface area (Å²) in [5.41, 5.74) is 1.59. The first-order chi connectivity index (χ1) is 5.58. The minimum Gasteiger partial charge on any atom is -0.245 e. The third kappa shape index (κ3) is 3.30. The van der Waals surface area contributed by atoms with Crippen LogP contribution in [0.15, 0.2) is 35.3 Å². The van der Waals surface area contributed by atoms with Gasteiger partial charge in [0.2, 0.25) is 0 Å². The summed E-state index contributed by atoms with van der Waals surface area (Å²) in [4.78, 5) is 3.76. The van der Waals surface area contributed by atoms with E-state index in [4.69, 9.17) is 0 Å². The van der Waals surface area contributed by atoms with Gasteiger partial charge in [-0.15, -0.1) is 0 Å². The van der Waals surface area contributed by atoms with Crippen LogP contribution < -0.4 is 0 Å². The molecule has 0 unspecified atom stereocenters. The molecule has 0 aliphatic heterocycles. The predicted octanol–water partition coefficient (Wildman–Crippen LogP) is 1.39. The molecule has 64 valence electrons. The molecule has 0 saturated heterocycles. The first-order valence-electron chi connectivity index (χ1n) is 3.37. The lowest BCUT2D eigenvalue weighted by molar-refractivity contribution is 0.613. The number of hydrogen-bond donors (Lipinski definition) is 0. The van der Waals surface area contributed by atoms with E-state index in [-0.39, 0.29) is 0 Å². The fourth-order valence-corrected chi connectivity index (χ4v) is 0.984. The van der Waals surface area contributed by atoms with E-state index >= 15 is 0 Å². The summed E-state index contributed by atoms with van der Waals surface area (Å²) in [6.45, 7) is 0. The van der Waals surface area contributed by atoms with E-state index in [9.17, 15) is 8.42 Å². The normalized spacial score (nSPS) is 12.1. The molecule has 12 heavy (non-hydrogen) atoms. The van der Waals surface area contributed by atoms with Gasteiger partial charge in [-0.05, 0) is 12.1 Å². The number of nitrogens with zero attached hydrogens (tertiary/aromatic N) is 1. The first kappa shape index (κ1) is 8.93. The lowest BCUT2D eigenvalue weighted by Crippen LogP contribution is -1.94. The van der Waals surface area contributed by atoms with Gasteiger partial charge in [0, 0.05) is 6.26 Å². The van der Waals surface area contributed by atoms with Gasteiger partial charge in [-0.1, -0.05) is 18.2 Å². The van der Waals surface area contributed by atoms with Crippen molar-refractivity contribution < 1.29 is 8.42 Å². The highest BCUT2D eigenvalue weighted by Gasteiger charge is 1.93. The second-order valence-corrected chi connectivity index (χ2v) is 4.27. The number of benzene rings is 1. The summed E-state index contributed by atoms with van der Waals surface area (Å²) < 4.78 is 21.3. The van der Waals surface area contributed by atoms with Gasteiger partial charge >= 0.3 is 0 Å². The topological polar surface area (TPSA) is 46.5 Å². The maximum absolute atomic E-state index is 10.7. The Bertz CT molecular complexity index is 367. The first-order valence-corrected chi connectivity index (χ1v) is 5.32. The molecule has 0 radical (unpaired) electrons. The summed E-state index contributed by atoms with van der Waals surface area (Å²) in [6.07, 6.45) is 1.11. The largest absolute Gasteiger partial charge is 0.245 e. The SMILES string of the molecule is CS(=O)(=O)C=Nc1ccccc1. The van der Waals surface area contributed by atoms with Crippen LogP contribution in [0.2, 0.25) is 0 Å². The van der Waals surface area contributed by atoms with E-state index in [0.29, 0.717) is 5.69 Å². The molecule has 0 N–H and O–H groups in total. The molecule has 0 aromatic heterocycles. The van der Waals surface area contributed by atoms with E-state index in [1.807, 2.05) is 6.07 Å². The summed E-state index contributed by atoms with van der Waals surface area (Å²) in [5.74, 6) is 0. The molecule has 1 aromatic carbocycles. The third-order valence-electron chi connectivity index (χ3n) is 1.15. The van der Waals surface area contributed by atoms with Crippen LogP contribution in [-0.4, -0.2) is 20.2 Å². The van der Waals surface area contributed by atoms with Crippen molar-refractivity contribution in [1.82, 2.24) is 0 Å². The molecule has 4 heteroatoms. The van der Waals surface area contributed by atoms with Crippen LogP contribution in [0.5, 0.6) is 0 Å². The Morgan fingerprint density at radius 3 is 2.33 bits per heavy atom. The van der Waals surface area contributed by atoms with Crippen molar-refractivity contribution in [3.8, 4) is 0 Å². The van der Waals surface area contributed by atoms with E-state index in [1.54, 1.807) is 24.3 Å². The molecule has 0 heterocycles. The minimum atomic E-state index is -3.11. The fourth-order valence-electron chi connectivity index (χ4n) is 0.671. The molecule has 1 aromatic rings. The highest BCUT2D eigenvalue weighted by molar-refractivity contribution is 8.03. The average molecular weight is 183 g/mol. The zero-order chi connectivity index (χ0) is 9.03. The number of para-hydroxylation sites is 1. The minimum absolute atomic E-state index is 0.642. The van der Waals surface area contributed by atoms with Gasteiger partial charge in [0.25, 0.3) is 0 Å². The number of rotatable bonds is 2. The highest BCUT2D eigenvalue weighted by Crippen LogP contribution is 2.08. The smallest absolute Gasteiger partial charge is 0.185 e. The summed E-state index contributed by atoms with van der Waals surface area (Å²) in [7, 11) is -3.11. The quantitative estimate of drug-likeness (QED) is 0.514. The molecule has 0 fully saturated rings. The summed E-state index contributed by atoms with van der Waals surface area (Å²) in [6, 6.07) is 8.92. The van der Waals surface area contributed by atoms with Crippen LogP contribution in [0.3, 0.4) is 0 Å². The Labute approximate surface area is 71.7 Å². The molecular weight excluding hydrogens is 174 g/mol. The monoisotopic (exact) mass is 183 g/mol. The molecule has 0 spiro atoms. The molecule has 0 saturated carbocycles. The van der Waals surface area contributed by atoms with Crippen LogP contribution in [-0.2, 0) is 9.84 Å². The lowest BCUT2D eigenvalue weighted by Gasteiger charge is -1.89. The van der Waals surface area contributed by atoms with Gasteiger partial charge in [-0.2, -0.15) is 0 Å². The molecule has 0 amide bonds. The zero-order valence-corrected chi connectivity index (χ0v) is 7.45. The van der Waals surface area contributed by atoms with Gasteiger partial charge in [0.05, 0.1) is 5.69 Å².